The Bertz CT molecular complexity index is 313. The van der Waals surface area contributed by atoms with Gasteiger partial charge in [-0.2, -0.15) is 0 Å². The summed E-state index contributed by atoms with van der Waals surface area (Å²) in [6.45, 7) is 6.04. The fraction of sp³-hybridized carbons (Fsp3) is 0.571. The van der Waals surface area contributed by atoms with Gasteiger partial charge in [0, 0.05) is 18.0 Å². The van der Waals surface area contributed by atoms with Crippen molar-refractivity contribution >= 4 is 11.6 Å². The summed E-state index contributed by atoms with van der Waals surface area (Å²) in [5.74, 6) is 1.58. The molecule has 0 saturated carbocycles. The molecule has 0 fully saturated rings. The summed E-state index contributed by atoms with van der Waals surface area (Å²) in [5, 5.41) is 0. The minimum atomic E-state index is 0.0499. The molecule has 0 aliphatic heterocycles. The smallest absolute Gasteiger partial charge is 0.119 e. The van der Waals surface area contributed by atoms with Gasteiger partial charge in [-0.15, -0.1) is 11.6 Å². The third-order valence-electron chi connectivity index (χ3n) is 3.01. The van der Waals surface area contributed by atoms with E-state index in [0.717, 1.165) is 25.3 Å². The summed E-state index contributed by atoms with van der Waals surface area (Å²) in [6.07, 6.45) is 1.01. The Labute approximate surface area is 110 Å². The van der Waals surface area contributed by atoms with Gasteiger partial charge in [0.25, 0.3) is 0 Å². The second-order valence-electron chi connectivity index (χ2n) is 4.88. The lowest BCUT2D eigenvalue weighted by Gasteiger charge is -2.33. The Balaban J connectivity index is 2.21. The van der Waals surface area contributed by atoms with Gasteiger partial charge in [0.05, 0.1) is 6.61 Å². The number of rotatable bonds is 7. The van der Waals surface area contributed by atoms with Gasteiger partial charge in [0.15, 0.2) is 0 Å². The second-order valence-corrected chi connectivity index (χ2v) is 5.15. The molecule has 0 saturated heterocycles. The van der Waals surface area contributed by atoms with E-state index in [0.29, 0.717) is 5.88 Å². The number of para-hydroxylation sites is 1. The van der Waals surface area contributed by atoms with Crippen LogP contribution in [0.5, 0.6) is 5.75 Å². The molecular weight excluding hydrogens is 234 g/mol. The van der Waals surface area contributed by atoms with Crippen LogP contribution in [0.2, 0.25) is 0 Å². The largest absolute Gasteiger partial charge is 0.494 e. The van der Waals surface area contributed by atoms with Gasteiger partial charge in [-0.25, -0.2) is 0 Å². The maximum atomic E-state index is 5.92. The van der Waals surface area contributed by atoms with Crippen LogP contribution >= 0.6 is 11.6 Å². The summed E-state index contributed by atoms with van der Waals surface area (Å²) in [5.41, 5.74) is 0.0499. The molecule has 17 heavy (non-hydrogen) atoms. The van der Waals surface area contributed by atoms with Gasteiger partial charge in [-0.3, -0.25) is 4.90 Å². The predicted molar refractivity (Wildman–Crippen MR) is 74.0 cm³/mol. The van der Waals surface area contributed by atoms with Crippen LogP contribution in [0.1, 0.15) is 20.3 Å². The third kappa shape index (κ3) is 4.97. The van der Waals surface area contributed by atoms with Crippen molar-refractivity contribution < 1.29 is 4.74 Å². The molecule has 0 atom stereocenters. The van der Waals surface area contributed by atoms with Crippen LogP contribution in [0.15, 0.2) is 30.3 Å². The number of benzene rings is 1. The molecule has 0 bridgehead atoms. The molecule has 3 heteroatoms. The molecule has 0 aliphatic rings. The lowest BCUT2D eigenvalue weighted by molar-refractivity contribution is 0.164. The zero-order valence-corrected chi connectivity index (χ0v) is 11.7. The van der Waals surface area contributed by atoms with Crippen LogP contribution in [-0.2, 0) is 0 Å². The molecule has 0 amide bonds. The van der Waals surface area contributed by atoms with Crippen molar-refractivity contribution in [2.24, 2.45) is 0 Å². The molecule has 1 aromatic carbocycles. The van der Waals surface area contributed by atoms with Gasteiger partial charge in [-0.1, -0.05) is 18.2 Å². The summed E-state index contributed by atoms with van der Waals surface area (Å²) in [6, 6.07) is 9.92. The van der Waals surface area contributed by atoms with Crippen molar-refractivity contribution in [1.29, 1.82) is 0 Å². The average Bonchev–Trinajstić information content (AvgIpc) is 2.35. The van der Waals surface area contributed by atoms with Gasteiger partial charge in [-0.05, 0) is 39.4 Å². The Morgan fingerprint density at radius 1 is 1.24 bits per heavy atom. The monoisotopic (exact) mass is 255 g/mol. The molecule has 0 aliphatic carbocycles. The molecule has 0 heterocycles. The van der Waals surface area contributed by atoms with Gasteiger partial charge in [0.1, 0.15) is 5.75 Å². The number of nitrogens with zero attached hydrogens (tertiary/aromatic N) is 1. The highest BCUT2D eigenvalue weighted by atomic mass is 35.5. The molecule has 0 unspecified atom stereocenters. The van der Waals surface area contributed by atoms with Crippen LogP contribution in [0.4, 0.5) is 0 Å². The average molecular weight is 256 g/mol. The molecule has 0 N–H and O–H groups in total. The van der Waals surface area contributed by atoms with Gasteiger partial charge < -0.3 is 4.74 Å². The molecule has 0 radical (unpaired) electrons. The van der Waals surface area contributed by atoms with Crippen molar-refractivity contribution in [1.82, 2.24) is 4.90 Å². The highest BCUT2D eigenvalue weighted by Crippen LogP contribution is 2.14. The van der Waals surface area contributed by atoms with Crippen molar-refractivity contribution in [2.75, 3.05) is 26.1 Å². The maximum absolute atomic E-state index is 5.92. The predicted octanol–water partition coefficient (Wildman–Crippen LogP) is 3.40. The van der Waals surface area contributed by atoms with E-state index in [4.69, 9.17) is 16.3 Å². The molecule has 0 aromatic heterocycles. The van der Waals surface area contributed by atoms with Crippen molar-refractivity contribution in [3.63, 3.8) is 0 Å². The zero-order chi connectivity index (χ0) is 12.7. The van der Waals surface area contributed by atoms with Gasteiger partial charge >= 0.3 is 0 Å². The van der Waals surface area contributed by atoms with E-state index in [1.54, 1.807) is 0 Å². The molecule has 0 spiro atoms. The lowest BCUT2D eigenvalue weighted by atomic mass is 10.1. The van der Waals surface area contributed by atoms with E-state index in [1.807, 2.05) is 30.3 Å². The van der Waals surface area contributed by atoms with Crippen molar-refractivity contribution in [3.8, 4) is 5.75 Å². The first kappa shape index (κ1) is 14.3. The minimum absolute atomic E-state index is 0.0499. The molecule has 1 aromatic rings. The number of hydrogen-bond acceptors (Lipinski definition) is 2. The van der Waals surface area contributed by atoms with Crippen LogP contribution in [0, 0.1) is 0 Å². The number of halogens is 1. The van der Waals surface area contributed by atoms with E-state index in [9.17, 15) is 0 Å². The molecule has 2 nitrogen and oxygen atoms in total. The minimum Gasteiger partial charge on any atom is -0.494 e. The Hall–Kier alpha value is -0.730. The fourth-order valence-corrected chi connectivity index (χ4v) is 1.62. The summed E-state index contributed by atoms with van der Waals surface area (Å²) < 4.78 is 5.64. The highest BCUT2D eigenvalue weighted by Gasteiger charge is 2.21. The quantitative estimate of drug-likeness (QED) is 0.547. The molecule has 96 valence electrons. The Kier molecular flexibility index (Phi) is 5.79. The topological polar surface area (TPSA) is 12.5 Å². The standard InChI is InChI=1S/C14H22ClNO/c1-14(2,12-15)16(3)10-7-11-17-13-8-5-4-6-9-13/h4-6,8-9H,7,10-12H2,1-3H3. The summed E-state index contributed by atoms with van der Waals surface area (Å²) >= 11 is 5.92. The third-order valence-corrected chi connectivity index (χ3v) is 3.66. The summed E-state index contributed by atoms with van der Waals surface area (Å²) in [7, 11) is 2.10. The van der Waals surface area contributed by atoms with E-state index in [2.05, 4.69) is 25.8 Å². The van der Waals surface area contributed by atoms with Crippen molar-refractivity contribution in [3.05, 3.63) is 30.3 Å². The Morgan fingerprint density at radius 3 is 2.47 bits per heavy atom. The maximum Gasteiger partial charge on any atom is 0.119 e. The van der Waals surface area contributed by atoms with Crippen LogP contribution in [0.25, 0.3) is 0 Å². The molecule has 1 rings (SSSR count). The van der Waals surface area contributed by atoms with Crippen molar-refractivity contribution in [2.45, 2.75) is 25.8 Å². The lowest BCUT2D eigenvalue weighted by Crippen LogP contribution is -2.43. The Morgan fingerprint density at radius 2 is 1.88 bits per heavy atom. The van der Waals surface area contributed by atoms with Crippen LogP contribution in [-0.4, -0.2) is 36.5 Å². The van der Waals surface area contributed by atoms with E-state index < -0.39 is 0 Å². The van der Waals surface area contributed by atoms with Crippen LogP contribution < -0.4 is 4.74 Å². The van der Waals surface area contributed by atoms with E-state index in [1.165, 1.54) is 0 Å². The number of hydrogen-bond donors (Lipinski definition) is 0. The SMILES string of the molecule is CN(CCCOc1ccccc1)C(C)(C)CCl. The zero-order valence-electron chi connectivity index (χ0n) is 10.9. The second kappa shape index (κ2) is 6.87. The fourth-order valence-electron chi connectivity index (χ4n) is 1.41. The first-order chi connectivity index (χ1) is 8.06. The first-order valence-electron chi connectivity index (χ1n) is 6.01. The summed E-state index contributed by atoms with van der Waals surface area (Å²) in [4.78, 5) is 2.27. The normalized spacial score (nSPS) is 11.8. The number of alkyl halides is 1. The van der Waals surface area contributed by atoms with E-state index in [-0.39, 0.29) is 5.54 Å². The van der Waals surface area contributed by atoms with Gasteiger partial charge in [0.2, 0.25) is 0 Å². The number of ether oxygens (including phenoxy) is 1. The van der Waals surface area contributed by atoms with Crippen LogP contribution in [0.3, 0.4) is 0 Å². The highest BCUT2D eigenvalue weighted by molar-refractivity contribution is 6.18. The molecular formula is C14H22ClNO. The first-order valence-corrected chi connectivity index (χ1v) is 6.55. The van der Waals surface area contributed by atoms with E-state index >= 15 is 0 Å².